The van der Waals surface area contributed by atoms with Crippen LogP contribution in [0.2, 0.25) is 0 Å². The van der Waals surface area contributed by atoms with Crippen molar-refractivity contribution in [3.8, 4) is 0 Å². The molecular weight excluding hydrogens is 351 g/mol. The van der Waals surface area contributed by atoms with Gasteiger partial charge in [0.1, 0.15) is 0 Å². The molecule has 1 saturated carbocycles. The molecule has 1 aliphatic carbocycles. The van der Waals surface area contributed by atoms with E-state index in [2.05, 4.69) is 0 Å². The standard InChI is InChI=1S/C14H12S2.C5H10.Ni/c15-13(11-7-3-1-4-8-11)14(16)12-9-5-2-6-10-12;1-2-4-5-3-1;/h1-10,15-16H;1-5H2;/q;;+3/p-2/b14-13-;;. The summed E-state index contributed by atoms with van der Waals surface area (Å²) in [4.78, 5) is 1.48. The number of hydrogen-bond donors (Lipinski definition) is 0. The summed E-state index contributed by atoms with van der Waals surface area (Å²) in [5, 5.41) is 0. The second-order valence-electron chi connectivity index (χ2n) is 5.16. The van der Waals surface area contributed by atoms with Gasteiger partial charge in [0.05, 0.1) is 0 Å². The summed E-state index contributed by atoms with van der Waals surface area (Å²) in [5.41, 5.74) is 2.01. The van der Waals surface area contributed by atoms with Gasteiger partial charge in [0, 0.05) is 0 Å². The molecule has 0 aliphatic heterocycles. The largest absolute Gasteiger partial charge is 3.00 e. The van der Waals surface area contributed by atoms with Gasteiger partial charge in [0.2, 0.25) is 0 Å². The predicted molar refractivity (Wildman–Crippen MR) is 97.5 cm³/mol. The van der Waals surface area contributed by atoms with E-state index in [1.807, 2.05) is 60.7 Å². The normalized spacial score (nSPS) is 14.2. The molecule has 0 heterocycles. The molecule has 0 atom stereocenters. The second-order valence-corrected chi connectivity index (χ2v) is 5.97. The Bertz CT molecular complexity index is 505. The molecule has 1 fully saturated rings. The molecule has 0 nitrogen and oxygen atoms in total. The van der Waals surface area contributed by atoms with Crippen molar-refractivity contribution in [2.75, 3.05) is 0 Å². The average molecular weight is 371 g/mol. The first-order valence-corrected chi connectivity index (χ1v) is 8.30. The molecule has 2 aromatic rings. The quantitative estimate of drug-likeness (QED) is 0.386. The average Bonchev–Trinajstić information content (AvgIpc) is 3.15. The Labute approximate surface area is 155 Å². The van der Waals surface area contributed by atoms with Gasteiger partial charge in [-0.25, -0.2) is 0 Å². The van der Waals surface area contributed by atoms with E-state index in [4.69, 9.17) is 25.3 Å². The van der Waals surface area contributed by atoms with Gasteiger partial charge in [-0.2, -0.15) is 9.81 Å². The van der Waals surface area contributed by atoms with Crippen LogP contribution in [0.25, 0.3) is 9.81 Å². The van der Waals surface area contributed by atoms with Crippen LogP contribution in [0.5, 0.6) is 0 Å². The Morgan fingerprint density at radius 1 is 0.545 bits per heavy atom. The van der Waals surface area contributed by atoms with Crippen LogP contribution in [0.3, 0.4) is 0 Å². The van der Waals surface area contributed by atoms with Crippen LogP contribution in [0, 0.1) is 0 Å². The zero-order valence-corrected chi connectivity index (χ0v) is 15.1. The number of hydrogen-bond acceptors (Lipinski definition) is 2. The molecule has 2 aromatic carbocycles. The molecule has 0 aromatic heterocycles. The Balaban J connectivity index is 0.000000344. The van der Waals surface area contributed by atoms with Crippen molar-refractivity contribution < 1.29 is 16.5 Å². The first-order chi connectivity index (χ1) is 10.3. The molecule has 22 heavy (non-hydrogen) atoms. The summed E-state index contributed by atoms with van der Waals surface area (Å²) in [7, 11) is 0. The van der Waals surface area contributed by atoms with E-state index in [0.29, 0.717) is 0 Å². The molecule has 0 unspecified atom stereocenters. The Morgan fingerprint density at radius 2 is 0.818 bits per heavy atom. The summed E-state index contributed by atoms with van der Waals surface area (Å²) in [5.74, 6) is 0. The van der Waals surface area contributed by atoms with Gasteiger partial charge in [-0.15, -0.1) is 0 Å². The monoisotopic (exact) mass is 370 g/mol. The van der Waals surface area contributed by atoms with Crippen molar-refractivity contribution in [1.29, 1.82) is 0 Å². The van der Waals surface area contributed by atoms with Gasteiger partial charge >= 0.3 is 16.5 Å². The van der Waals surface area contributed by atoms with E-state index in [1.165, 1.54) is 32.1 Å². The predicted octanol–water partition coefficient (Wildman–Crippen LogP) is 5.55. The molecular formula is C19H20NiS2+. The van der Waals surface area contributed by atoms with Crippen molar-refractivity contribution in [3.63, 3.8) is 0 Å². The maximum atomic E-state index is 5.38. The van der Waals surface area contributed by atoms with Crippen molar-refractivity contribution >= 4 is 35.1 Å². The van der Waals surface area contributed by atoms with Gasteiger partial charge in [-0.3, -0.25) is 0 Å². The third-order valence-corrected chi connectivity index (χ3v) is 4.54. The third kappa shape index (κ3) is 6.08. The molecule has 1 radical (unpaired) electrons. The summed E-state index contributed by atoms with van der Waals surface area (Å²) in [6, 6.07) is 19.7. The minimum atomic E-state index is 0. The van der Waals surface area contributed by atoms with E-state index < -0.39 is 0 Å². The van der Waals surface area contributed by atoms with E-state index in [0.717, 1.165) is 20.9 Å². The first-order valence-electron chi connectivity index (χ1n) is 7.48. The zero-order chi connectivity index (χ0) is 14.9. The maximum absolute atomic E-state index is 5.38. The van der Waals surface area contributed by atoms with Crippen molar-refractivity contribution in [2.24, 2.45) is 0 Å². The summed E-state index contributed by atoms with van der Waals surface area (Å²) in [6.07, 6.45) is 7.50. The van der Waals surface area contributed by atoms with Crippen molar-refractivity contribution in [1.82, 2.24) is 0 Å². The maximum Gasteiger partial charge on any atom is 3.00 e. The summed E-state index contributed by atoms with van der Waals surface area (Å²) >= 11 is 10.8. The van der Waals surface area contributed by atoms with Crippen LogP contribution >= 0.6 is 0 Å². The molecule has 0 bridgehead atoms. The van der Waals surface area contributed by atoms with Crippen LogP contribution in [0.15, 0.2) is 60.7 Å². The molecule has 117 valence electrons. The fourth-order valence-electron chi connectivity index (χ4n) is 2.33. The summed E-state index contributed by atoms with van der Waals surface area (Å²) in [6.45, 7) is 0. The van der Waals surface area contributed by atoms with Gasteiger partial charge in [0.25, 0.3) is 0 Å². The molecule has 3 rings (SSSR count). The smallest absolute Gasteiger partial charge is 0.781 e. The van der Waals surface area contributed by atoms with Gasteiger partial charge in [0.15, 0.2) is 0 Å². The molecule has 1 aliphatic rings. The van der Waals surface area contributed by atoms with Crippen LogP contribution in [0.4, 0.5) is 0 Å². The molecule has 3 heteroatoms. The molecule has 0 amide bonds. The molecule has 0 spiro atoms. The van der Waals surface area contributed by atoms with Crippen LogP contribution in [-0.2, 0) is 41.7 Å². The Morgan fingerprint density at radius 3 is 1.09 bits per heavy atom. The fraction of sp³-hybridized carbons (Fsp3) is 0.263. The minimum absolute atomic E-state index is 0. The Hall–Kier alpha value is -0.886. The van der Waals surface area contributed by atoms with E-state index >= 15 is 0 Å². The fourth-order valence-corrected chi connectivity index (χ4v) is 2.83. The van der Waals surface area contributed by atoms with Crippen LogP contribution in [-0.4, -0.2) is 0 Å². The van der Waals surface area contributed by atoms with Gasteiger partial charge < -0.3 is 25.3 Å². The minimum Gasteiger partial charge on any atom is -0.781 e. The number of benzene rings is 2. The Kier molecular flexibility index (Phi) is 9.38. The topological polar surface area (TPSA) is 0 Å². The third-order valence-electron chi connectivity index (χ3n) is 3.53. The first kappa shape index (κ1) is 19.2. The van der Waals surface area contributed by atoms with Crippen LogP contribution in [0.1, 0.15) is 43.2 Å². The second kappa shape index (κ2) is 10.8. The van der Waals surface area contributed by atoms with Crippen molar-refractivity contribution in [2.45, 2.75) is 32.1 Å². The van der Waals surface area contributed by atoms with Gasteiger partial charge in [-0.05, 0) is 11.1 Å². The van der Waals surface area contributed by atoms with E-state index in [-0.39, 0.29) is 16.5 Å². The van der Waals surface area contributed by atoms with Gasteiger partial charge in [-0.1, -0.05) is 92.8 Å². The van der Waals surface area contributed by atoms with E-state index in [9.17, 15) is 0 Å². The number of rotatable bonds is 2. The van der Waals surface area contributed by atoms with Crippen molar-refractivity contribution in [3.05, 3.63) is 71.8 Å². The van der Waals surface area contributed by atoms with Crippen LogP contribution < -0.4 is 0 Å². The summed E-state index contributed by atoms with van der Waals surface area (Å²) < 4.78 is 0. The molecule has 0 saturated heterocycles. The molecule has 0 N–H and O–H groups in total. The van der Waals surface area contributed by atoms with E-state index in [1.54, 1.807) is 0 Å². The SMILES string of the molecule is C1CCCC1.[Ni+3].[S-]/C(=C(\[S-])c1ccccc1)c1ccccc1. The zero-order valence-electron chi connectivity index (χ0n) is 12.4.